The zero-order valence-corrected chi connectivity index (χ0v) is 17.8. The summed E-state index contributed by atoms with van der Waals surface area (Å²) in [5.74, 6) is 0.873. The summed E-state index contributed by atoms with van der Waals surface area (Å²) in [6.07, 6.45) is 2.78. The van der Waals surface area contributed by atoms with E-state index >= 15 is 0 Å². The molecule has 30 heavy (non-hydrogen) atoms. The number of aryl methyl sites for hydroxylation is 2. The van der Waals surface area contributed by atoms with Crippen molar-refractivity contribution in [3.05, 3.63) is 65.1 Å². The zero-order valence-electron chi connectivity index (χ0n) is 17.8. The maximum absolute atomic E-state index is 12.5. The summed E-state index contributed by atoms with van der Waals surface area (Å²) >= 11 is 0. The monoisotopic (exact) mass is 402 g/mol. The fraction of sp³-hybridized carbons (Fsp3) is 0.304. The molecule has 0 radical (unpaired) electrons. The first-order chi connectivity index (χ1) is 14.5. The average Bonchev–Trinajstić information content (AvgIpc) is 3.11. The Kier molecular flexibility index (Phi) is 5.35. The molecule has 154 valence electrons. The van der Waals surface area contributed by atoms with Crippen molar-refractivity contribution >= 4 is 28.3 Å². The average molecular weight is 403 g/mol. The second kappa shape index (κ2) is 8.10. The molecule has 0 saturated heterocycles. The Labute approximate surface area is 175 Å². The molecule has 7 heteroatoms. The van der Waals surface area contributed by atoms with Crippen LogP contribution in [0, 0.1) is 13.8 Å². The molecule has 1 amide bonds. The van der Waals surface area contributed by atoms with Gasteiger partial charge in [0.25, 0.3) is 0 Å². The molecule has 3 aromatic heterocycles. The number of carbonyl (C=O) groups excluding carboxylic acids is 1. The predicted octanol–water partition coefficient (Wildman–Crippen LogP) is 3.21. The summed E-state index contributed by atoms with van der Waals surface area (Å²) < 4.78 is 1.89. The summed E-state index contributed by atoms with van der Waals surface area (Å²) in [6, 6.07) is 11.9. The normalized spacial score (nSPS) is 11.2. The van der Waals surface area contributed by atoms with Gasteiger partial charge in [-0.05, 0) is 44.0 Å². The number of anilines is 1. The van der Waals surface area contributed by atoms with Crippen LogP contribution in [-0.4, -0.2) is 39.6 Å². The molecule has 0 aliphatic rings. The first kappa shape index (κ1) is 19.8. The van der Waals surface area contributed by atoms with Gasteiger partial charge in [-0.15, -0.1) is 0 Å². The van der Waals surface area contributed by atoms with Crippen LogP contribution in [0.2, 0.25) is 0 Å². The Bertz CT molecular complexity index is 1230. The van der Waals surface area contributed by atoms with Crippen molar-refractivity contribution in [1.29, 1.82) is 0 Å². The van der Waals surface area contributed by atoms with E-state index in [4.69, 9.17) is 4.98 Å². The Balaban J connectivity index is 1.48. The van der Waals surface area contributed by atoms with Gasteiger partial charge in [-0.3, -0.25) is 4.79 Å². The highest BCUT2D eigenvalue weighted by molar-refractivity contribution is 5.92. The van der Waals surface area contributed by atoms with Crippen molar-refractivity contribution in [2.24, 2.45) is 0 Å². The number of amides is 1. The van der Waals surface area contributed by atoms with E-state index in [9.17, 15) is 4.79 Å². The topological polar surface area (TPSA) is 75.4 Å². The molecule has 1 aromatic carbocycles. The van der Waals surface area contributed by atoms with Gasteiger partial charge in [0.15, 0.2) is 5.65 Å². The molecule has 4 rings (SSSR count). The number of pyridine rings is 1. The van der Waals surface area contributed by atoms with Gasteiger partial charge in [-0.2, -0.15) is 5.10 Å². The molecule has 0 fully saturated rings. The number of rotatable bonds is 6. The smallest absolute Gasteiger partial charge is 0.220 e. The van der Waals surface area contributed by atoms with E-state index in [-0.39, 0.29) is 5.91 Å². The first-order valence-electron chi connectivity index (χ1n) is 10.1. The lowest BCUT2D eigenvalue weighted by Crippen LogP contribution is -2.25. The van der Waals surface area contributed by atoms with E-state index in [0.29, 0.717) is 19.4 Å². The third-order valence-electron chi connectivity index (χ3n) is 5.39. The molecule has 0 spiro atoms. The quantitative estimate of drug-likeness (QED) is 0.536. The lowest BCUT2D eigenvalue weighted by atomic mass is 10.1. The fourth-order valence-electron chi connectivity index (χ4n) is 3.83. The maximum atomic E-state index is 12.5. The van der Waals surface area contributed by atoms with Crippen LogP contribution in [0.15, 0.2) is 42.6 Å². The summed E-state index contributed by atoms with van der Waals surface area (Å²) in [7, 11) is 3.89. The Morgan fingerprint density at radius 1 is 1.13 bits per heavy atom. The number of aromatic nitrogens is 4. The minimum absolute atomic E-state index is 0.00748. The lowest BCUT2D eigenvalue weighted by molar-refractivity contribution is -0.121. The summed E-state index contributed by atoms with van der Waals surface area (Å²) in [6.45, 7) is 4.50. The molecule has 3 heterocycles. The summed E-state index contributed by atoms with van der Waals surface area (Å²) in [5.41, 5.74) is 5.83. The highest BCUT2D eigenvalue weighted by Crippen LogP contribution is 2.23. The van der Waals surface area contributed by atoms with Crippen LogP contribution >= 0.6 is 0 Å². The van der Waals surface area contributed by atoms with Gasteiger partial charge in [0.05, 0.1) is 5.52 Å². The van der Waals surface area contributed by atoms with Crippen LogP contribution in [0.3, 0.4) is 0 Å². The largest absolute Gasteiger partial charge is 0.362 e. The van der Waals surface area contributed by atoms with Crippen molar-refractivity contribution < 1.29 is 4.79 Å². The van der Waals surface area contributed by atoms with Crippen LogP contribution in [0.25, 0.3) is 16.6 Å². The SMILES string of the molecule is Cc1nc2c3ccccc3nn2c(C)c1CCC(=O)NCc1cccnc1N(C)C. The van der Waals surface area contributed by atoms with E-state index in [0.717, 1.165) is 44.9 Å². The van der Waals surface area contributed by atoms with E-state index in [1.807, 2.05) is 73.8 Å². The first-order valence-corrected chi connectivity index (χ1v) is 10.1. The Morgan fingerprint density at radius 2 is 1.93 bits per heavy atom. The van der Waals surface area contributed by atoms with E-state index in [1.54, 1.807) is 6.20 Å². The highest BCUT2D eigenvalue weighted by atomic mass is 16.1. The van der Waals surface area contributed by atoms with Crippen molar-refractivity contribution in [3.8, 4) is 0 Å². The van der Waals surface area contributed by atoms with Gasteiger partial charge in [0.2, 0.25) is 5.91 Å². The molecule has 0 bridgehead atoms. The van der Waals surface area contributed by atoms with E-state index in [2.05, 4.69) is 15.4 Å². The molecule has 1 N–H and O–H groups in total. The van der Waals surface area contributed by atoms with Gasteiger partial charge >= 0.3 is 0 Å². The number of carbonyl (C=O) groups is 1. The Morgan fingerprint density at radius 3 is 2.73 bits per heavy atom. The molecule has 7 nitrogen and oxygen atoms in total. The second-order valence-electron chi connectivity index (χ2n) is 7.67. The molecular formula is C23H26N6O. The minimum Gasteiger partial charge on any atom is -0.362 e. The third-order valence-corrected chi connectivity index (χ3v) is 5.39. The van der Waals surface area contributed by atoms with Crippen LogP contribution in [0.4, 0.5) is 5.82 Å². The second-order valence-corrected chi connectivity index (χ2v) is 7.67. The lowest BCUT2D eigenvalue weighted by Gasteiger charge is -2.16. The van der Waals surface area contributed by atoms with Crippen LogP contribution in [0.1, 0.15) is 28.9 Å². The number of hydrogen-bond acceptors (Lipinski definition) is 5. The predicted molar refractivity (Wildman–Crippen MR) is 119 cm³/mol. The third kappa shape index (κ3) is 3.70. The van der Waals surface area contributed by atoms with Gasteiger partial charge < -0.3 is 10.2 Å². The van der Waals surface area contributed by atoms with Gasteiger partial charge in [-0.1, -0.05) is 18.2 Å². The number of benzene rings is 1. The van der Waals surface area contributed by atoms with Crippen molar-refractivity contribution in [1.82, 2.24) is 24.9 Å². The Hall–Kier alpha value is -3.48. The molecule has 4 aromatic rings. The van der Waals surface area contributed by atoms with Crippen molar-refractivity contribution in [3.63, 3.8) is 0 Å². The van der Waals surface area contributed by atoms with Gasteiger partial charge in [-0.25, -0.2) is 14.5 Å². The van der Waals surface area contributed by atoms with Crippen LogP contribution < -0.4 is 10.2 Å². The fourth-order valence-corrected chi connectivity index (χ4v) is 3.83. The van der Waals surface area contributed by atoms with E-state index < -0.39 is 0 Å². The van der Waals surface area contributed by atoms with E-state index in [1.165, 1.54) is 0 Å². The zero-order chi connectivity index (χ0) is 21.3. The maximum Gasteiger partial charge on any atom is 0.220 e. The molecule has 0 saturated carbocycles. The number of fused-ring (bicyclic) bond motifs is 3. The number of nitrogens with one attached hydrogen (secondary N) is 1. The van der Waals surface area contributed by atoms with Gasteiger partial charge in [0, 0.05) is 55.6 Å². The summed E-state index contributed by atoms with van der Waals surface area (Å²) in [5, 5.41) is 8.74. The van der Waals surface area contributed by atoms with Crippen molar-refractivity contribution in [2.75, 3.05) is 19.0 Å². The molecule has 0 atom stereocenters. The molecule has 0 aliphatic heterocycles. The molecule has 0 unspecified atom stereocenters. The van der Waals surface area contributed by atoms with Gasteiger partial charge in [0.1, 0.15) is 5.82 Å². The van der Waals surface area contributed by atoms with Crippen LogP contribution in [-0.2, 0) is 17.8 Å². The standard InChI is InChI=1S/C23H26N6O/c1-15-18(16(2)29-23(26-15)19-9-5-6-10-20(19)27-29)11-12-21(30)25-14-17-8-7-13-24-22(17)28(3)4/h5-10,13H,11-12,14H2,1-4H3,(H,25,30). The number of hydrogen-bond donors (Lipinski definition) is 1. The molecular weight excluding hydrogens is 376 g/mol. The van der Waals surface area contributed by atoms with Crippen molar-refractivity contribution in [2.45, 2.75) is 33.2 Å². The van der Waals surface area contributed by atoms with Crippen LogP contribution in [0.5, 0.6) is 0 Å². The minimum atomic E-state index is 0.00748. The highest BCUT2D eigenvalue weighted by Gasteiger charge is 2.15. The summed E-state index contributed by atoms with van der Waals surface area (Å²) in [4.78, 5) is 23.6. The number of nitrogens with zero attached hydrogens (tertiary/aromatic N) is 5. The molecule has 0 aliphatic carbocycles.